The highest BCUT2D eigenvalue weighted by molar-refractivity contribution is 7.11. The van der Waals surface area contributed by atoms with E-state index in [1.807, 2.05) is 12.3 Å². The molecule has 1 aromatic heterocycles. The van der Waals surface area contributed by atoms with Crippen LogP contribution in [0, 0.1) is 0 Å². The predicted molar refractivity (Wildman–Crippen MR) is 81.0 cm³/mol. The van der Waals surface area contributed by atoms with Gasteiger partial charge in [-0.15, -0.1) is 11.3 Å². The molecule has 0 saturated heterocycles. The summed E-state index contributed by atoms with van der Waals surface area (Å²) in [6, 6.07) is 5.24. The van der Waals surface area contributed by atoms with E-state index in [4.69, 9.17) is 10.5 Å². The number of carbonyl (C=O) groups excluding carboxylic acids is 1. The van der Waals surface area contributed by atoms with Crippen molar-refractivity contribution < 1.29 is 9.53 Å². The largest absolute Gasteiger partial charge is 0.465 e. The monoisotopic (exact) mass is 291 g/mol. The van der Waals surface area contributed by atoms with Gasteiger partial charge in [0.25, 0.3) is 0 Å². The van der Waals surface area contributed by atoms with Gasteiger partial charge >= 0.3 is 5.97 Å². The third-order valence-electron chi connectivity index (χ3n) is 2.89. The number of nitrogen functional groups attached to an aromatic ring is 1. The molecule has 0 fully saturated rings. The minimum atomic E-state index is -0.436. The van der Waals surface area contributed by atoms with Gasteiger partial charge in [0.1, 0.15) is 5.01 Å². The van der Waals surface area contributed by atoms with Crippen molar-refractivity contribution in [3.05, 3.63) is 39.8 Å². The fraction of sp³-hybridized carbons (Fsp3) is 0.286. The van der Waals surface area contributed by atoms with Gasteiger partial charge in [-0.3, -0.25) is 0 Å². The first-order valence-electron chi connectivity index (χ1n) is 6.30. The zero-order valence-corrected chi connectivity index (χ0v) is 12.3. The first kappa shape index (κ1) is 14.3. The Labute approximate surface area is 121 Å². The number of hydrogen-bond donors (Lipinski definition) is 2. The van der Waals surface area contributed by atoms with Crippen LogP contribution in [0.2, 0.25) is 0 Å². The van der Waals surface area contributed by atoms with Crippen molar-refractivity contribution in [2.45, 2.75) is 19.9 Å². The summed E-state index contributed by atoms with van der Waals surface area (Å²) in [5, 5.41) is 4.19. The molecule has 6 heteroatoms. The van der Waals surface area contributed by atoms with E-state index in [0.29, 0.717) is 23.5 Å². The van der Waals surface area contributed by atoms with E-state index in [9.17, 15) is 4.79 Å². The van der Waals surface area contributed by atoms with E-state index in [1.165, 1.54) is 12.0 Å². The Morgan fingerprint density at radius 1 is 1.50 bits per heavy atom. The number of para-hydroxylation sites is 1. The topological polar surface area (TPSA) is 77.2 Å². The van der Waals surface area contributed by atoms with Crippen LogP contribution >= 0.6 is 11.3 Å². The van der Waals surface area contributed by atoms with Gasteiger partial charge in [-0.1, -0.05) is 13.0 Å². The maximum absolute atomic E-state index is 11.6. The molecule has 0 unspecified atom stereocenters. The average molecular weight is 291 g/mol. The Bertz CT molecular complexity index is 610. The number of nitrogens with one attached hydrogen (secondary N) is 1. The van der Waals surface area contributed by atoms with Crippen molar-refractivity contribution in [2.75, 3.05) is 18.2 Å². The van der Waals surface area contributed by atoms with Crippen LogP contribution < -0.4 is 11.1 Å². The summed E-state index contributed by atoms with van der Waals surface area (Å²) >= 11 is 1.67. The number of esters is 1. The number of carbonyl (C=O) groups is 1. The molecular formula is C14H17N3O2S. The fourth-order valence-electron chi connectivity index (χ4n) is 1.77. The zero-order valence-electron chi connectivity index (χ0n) is 11.5. The van der Waals surface area contributed by atoms with Crippen LogP contribution in [-0.2, 0) is 17.7 Å². The molecule has 1 heterocycles. The number of hydrogen-bond acceptors (Lipinski definition) is 6. The van der Waals surface area contributed by atoms with Crippen molar-refractivity contribution >= 4 is 28.7 Å². The van der Waals surface area contributed by atoms with Crippen LogP contribution in [-0.4, -0.2) is 18.1 Å². The Kier molecular flexibility index (Phi) is 4.57. The van der Waals surface area contributed by atoms with Gasteiger partial charge in [0, 0.05) is 11.1 Å². The molecule has 1 aromatic carbocycles. The lowest BCUT2D eigenvalue weighted by Crippen LogP contribution is -2.09. The number of thiazole rings is 1. The third-order valence-corrected chi connectivity index (χ3v) is 4.03. The van der Waals surface area contributed by atoms with Crippen LogP contribution in [0.5, 0.6) is 0 Å². The maximum Gasteiger partial charge on any atom is 0.340 e. The van der Waals surface area contributed by atoms with Gasteiger partial charge in [0.05, 0.1) is 30.6 Å². The SMILES string of the molecule is CCc1cnc(CNc2cccc(C(=O)OC)c2N)s1. The summed E-state index contributed by atoms with van der Waals surface area (Å²) < 4.78 is 4.70. The molecule has 2 rings (SSSR count). The number of aromatic nitrogens is 1. The Morgan fingerprint density at radius 2 is 2.30 bits per heavy atom. The quantitative estimate of drug-likeness (QED) is 0.654. The molecule has 0 aliphatic heterocycles. The van der Waals surface area contributed by atoms with Gasteiger partial charge in [-0.25, -0.2) is 9.78 Å². The molecule has 0 aliphatic carbocycles. The maximum atomic E-state index is 11.6. The van der Waals surface area contributed by atoms with Gasteiger partial charge in [-0.2, -0.15) is 0 Å². The summed E-state index contributed by atoms with van der Waals surface area (Å²) in [6.07, 6.45) is 2.87. The summed E-state index contributed by atoms with van der Waals surface area (Å²) in [5.74, 6) is -0.436. The van der Waals surface area contributed by atoms with E-state index in [-0.39, 0.29) is 0 Å². The number of aryl methyl sites for hydroxylation is 1. The molecule has 106 valence electrons. The second kappa shape index (κ2) is 6.38. The van der Waals surface area contributed by atoms with E-state index in [0.717, 1.165) is 11.4 Å². The van der Waals surface area contributed by atoms with Crippen molar-refractivity contribution in [3.8, 4) is 0 Å². The van der Waals surface area contributed by atoms with Crippen molar-refractivity contribution in [3.63, 3.8) is 0 Å². The van der Waals surface area contributed by atoms with Gasteiger partial charge in [0.15, 0.2) is 0 Å². The fourth-order valence-corrected chi connectivity index (χ4v) is 2.57. The predicted octanol–water partition coefficient (Wildman–Crippen LogP) is 2.69. The lowest BCUT2D eigenvalue weighted by Gasteiger charge is -2.10. The van der Waals surface area contributed by atoms with Crippen molar-refractivity contribution in [1.82, 2.24) is 4.98 Å². The Balaban J connectivity index is 2.11. The van der Waals surface area contributed by atoms with Crippen LogP contribution in [0.4, 0.5) is 11.4 Å². The molecule has 2 aromatic rings. The normalized spacial score (nSPS) is 10.3. The first-order valence-corrected chi connectivity index (χ1v) is 7.11. The average Bonchev–Trinajstić information content (AvgIpc) is 2.93. The highest BCUT2D eigenvalue weighted by atomic mass is 32.1. The Hall–Kier alpha value is -2.08. The number of benzene rings is 1. The zero-order chi connectivity index (χ0) is 14.5. The van der Waals surface area contributed by atoms with E-state index in [1.54, 1.807) is 23.5 Å². The van der Waals surface area contributed by atoms with E-state index < -0.39 is 5.97 Å². The standard InChI is InChI=1S/C14H17N3O2S/c1-3-9-7-17-12(20-9)8-16-11-6-4-5-10(13(11)15)14(18)19-2/h4-7,16H,3,8,15H2,1-2H3. The number of nitrogens with zero attached hydrogens (tertiary/aromatic N) is 1. The van der Waals surface area contributed by atoms with Crippen LogP contribution in [0.25, 0.3) is 0 Å². The molecule has 20 heavy (non-hydrogen) atoms. The first-order chi connectivity index (χ1) is 9.65. The number of rotatable bonds is 5. The summed E-state index contributed by atoms with van der Waals surface area (Å²) in [5.41, 5.74) is 7.45. The van der Waals surface area contributed by atoms with E-state index >= 15 is 0 Å². The van der Waals surface area contributed by atoms with E-state index in [2.05, 4.69) is 17.2 Å². The summed E-state index contributed by atoms with van der Waals surface area (Å²) in [6.45, 7) is 2.68. The van der Waals surface area contributed by atoms with Gasteiger partial charge in [-0.05, 0) is 18.6 Å². The lowest BCUT2D eigenvalue weighted by atomic mass is 10.1. The summed E-state index contributed by atoms with van der Waals surface area (Å²) in [4.78, 5) is 17.1. The molecule has 0 aliphatic rings. The van der Waals surface area contributed by atoms with Crippen molar-refractivity contribution in [2.24, 2.45) is 0 Å². The Morgan fingerprint density at radius 3 is 2.95 bits per heavy atom. The second-order valence-corrected chi connectivity index (χ2v) is 5.39. The third kappa shape index (κ3) is 3.08. The van der Waals surface area contributed by atoms with Crippen LogP contribution in [0.1, 0.15) is 27.2 Å². The number of ether oxygens (including phenoxy) is 1. The molecule has 0 saturated carbocycles. The molecule has 0 bridgehead atoms. The molecule has 0 amide bonds. The molecule has 0 atom stereocenters. The number of nitrogens with two attached hydrogens (primary N) is 1. The van der Waals surface area contributed by atoms with Gasteiger partial charge < -0.3 is 15.8 Å². The molecule has 3 N–H and O–H groups in total. The number of methoxy groups -OCH3 is 1. The van der Waals surface area contributed by atoms with Crippen molar-refractivity contribution in [1.29, 1.82) is 0 Å². The molecule has 5 nitrogen and oxygen atoms in total. The molecule has 0 radical (unpaired) electrons. The van der Waals surface area contributed by atoms with Gasteiger partial charge in [0.2, 0.25) is 0 Å². The number of anilines is 2. The smallest absolute Gasteiger partial charge is 0.340 e. The minimum absolute atomic E-state index is 0.367. The van der Waals surface area contributed by atoms with Crippen LogP contribution in [0.15, 0.2) is 24.4 Å². The minimum Gasteiger partial charge on any atom is -0.465 e. The summed E-state index contributed by atoms with van der Waals surface area (Å²) in [7, 11) is 1.34. The second-order valence-electron chi connectivity index (χ2n) is 4.19. The molecule has 0 spiro atoms. The highest BCUT2D eigenvalue weighted by Gasteiger charge is 2.12. The van der Waals surface area contributed by atoms with Crippen LogP contribution in [0.3, 0.4) is 0 Å². The highest BCUT2D eigenvalue weighted by Crippen LogP contribution is 2.24. The lowest BCUT2D eigenvalue weighted by molar-refractivity contribution is 0.0602. The molecular weight excluding hydrogens is 274 g/mol.